The predicted molar refractivity (Wildman–Crippen MR) is 98.7 cm³/mol. The average molecular weight is 347 g/mol. The third-order valence-electron chi connectivity index (χ3n) is 3.88. The van der Waals surface area contributed by atoms with Crippen molar-refractivity contribution in [1.29, 1.82) is 0 Å². The van der Waals surface area contributed by atoms with Crippen LogP contribution in [0.1, 0.15) is 31.9 Å². The van der Waals surface area contributed by atoms with Gasteiger partial charge in [-0.2, -0.15) is 0 Å². The van der Waals surface area contributed by atoms with E-state index in [1.54, 1.807) is 31.4 Å². The van der Waals surface area contributed by atoms with Gasteiger partial charge in [-0.05, 0) is 55.3 Å². The molecule has 4 nitrogen and oxygen atoms in total. The number of methoxy groups -OCH3 is 1. The van der Waals surface area contributed by atoms with E-state index in [-0.39, 0.29) is 18.0 Å². The first-order chi connectivity index (χ1) is 11.5. The van der Waals surface area contributed by atoms with E-state index in [0.29, 0.717) is 5.02 Å². The second kappa shape index (κ2) is 8.71. The number of hydrogen-bond donors (Lipinski definition) is 2. The molecule has 2 rings (SSSR count). The van der Waals surface area contributed by atoms with E-state index in [9.17, 15) is 4.79 Å². The maximum absolute atomic E-state index is 12.4. The topological polar surface area (TPSA) is 50.4 Å². The van der Waals surface area contributed by atoms with Crippen LogP contribution in [-0.4, -0.2) is 19.1 Å². The molecule has 0 heterocycles. The SMILES string of the molecule is CC[C@@H](N[C@H](C)C(=O)Nc1ccc(Cl)cc1)c1ccc(OC)cc1. The highest BCUT2D eigenvalue weighted by atomic mass is 35.5. The molecule has 0 unspecified atom stereocenters. The van der Waals surface area contributed by atoms with Gasteiger partial charge in [-0.3, -0.25) is 10.1 Å². The summed E-state index contributed by atoms with van der Waals surface area (Å²) in [5.74, 6) is 0.742. The second-order valence-electron chi connectivity index (χ2n) is 5.62. The number of nitrogens with one attached hydrogen (secondary N) is 2. The van der Waals surface area contributed by atoms with Crippen LogP contribution in [0.2, 0.25) is 5.02 Å². The highest BCUT2D eigenvalue weighted by Crippen LogP contribution is 2.21. The summed E-state index contributed by atoms with van der Waals surface area (Å²) in [5.41, 5.74) is 1.86. The lowest BCUT2D eigenvalue weighted by Crippen LogP contribution is -2.40. The number of carbonyl (C=O) groups excluding carboxylic acids is 1. The Morgan fingerprint density at radius 1 is 1.12 bits per heavy atom. The van der Waals surface area contributed by atoms with Crippen LogP contribution < -0.4 is 15.4 Å². The summed E-state index contributed by atoms with van der Waals surface area (Å²) in [5, 5.41) is 6.90. The van der Waals surface area contributed by atoms with Gasteiger partial charge in [0.15, 0.2) is 0 Å². The van der Waals surface area contributed by atoms with Crippen molar-refractivity contribution in [3.8, 4) is 5.75 Å². The largest absolute Gasteiger partial charge is 0.497 e. The van der Waals surface area contributed by atoms with Crippen molar-refractivity contribution in [1.82, 2.24) is 5.32 Å². The van der Waals surface area contributed by atoms with Crippen LogP contribution in [0.15, 0.2) is 48.5 Å². The summed E-state index contributed by atoms with van der Waals surface area (Å²) in [6, 6.07) is 14.7. The lowest BCUT2D eigenvalue weighted by molar-refractivity contribution is -0.118. The van der Waals surface area contributed by atoms with Gasteiger partial charge in [0.2, 0.25) is 5.91 Å². The third-order valence-corrected chi connectivity index (χ3v) is 4.13. The van der Waals surface area contributed by atoms with Gasteiger partial charge in [-0.25, -0.2) is 0 Å². The van der Waals surface area contributed by atoms with Gasteiger partial charge in [0, 0.05) is 16.8 Å². The Morgan fingerprint density at radius 2 is 1.75 bits per heavy atom. The molecular weight excluding hydrogens is 324 g/mol. The molecule has 128 valence electrons. The van der Waals surface area contributed by atoms with Crippen LogP contribution in [0.4, 0.5) is 5.69 Å². The molecule has 2 aromatic rings. The summed E-state index contributed by atoms with van der Waals surface area (Å²) >= 11 is 5.85. The van der Waals surface area contributed by atoms with E-state index in [1.165, 1.54) is 0 Å². The Bertz CT molecular complexity index is 656. The molecule has 0 aliphatic heterocycles. The molecule has 0 aromatic heterocycles. The van der Waals surface area contributed by atoms with Crippen molar-refractivity contribution < 1.29 is 9.53 Å². The van der Waals surface area contributed by atoms with Gasteiger partial charge in [-0.1, -0.05) is 30.7 Å². The molecule has 0 aliphatic carbocycles. The monoisotopic (exact) mass is 346 g/mol. The minimum absolute atomic E-state index is 0.0794. The maximum Gasteiger partial charge on any atom is 0.241 e. The molecule has 5 heteroatoms. The summed E-state index contributed by atoms with van der Waals surface area (Å²) < 4.78 is 5.18. The zero-order valence-electron chi connectivity index (χ0n) is 14.2. The standard InChI is InChI=1S/C19H23ClN2O2/c1-4-18(14-5-11-17(24-3)12-6-14)21-13(2)19(23)22-16-9-7-15(20)8-10-16/h5-13,18,21H,4H2,1-3H3,(H,22,23)/t13-,18-/m1/s1. The molecule has 1 amide bonds. The Morgan fingerprint density at radius 3 is 2.29 bits per heavy atom. The number of benzene rings is 2. The molecule has 0 bridgehead atoms. The molecule has 0 aliphatic rings. The van der Waals surface area contributed by atoms with E-state index < -0.39 is 0 Å². The lowest BCUT2D eigenvalue weighted by Gasteiger charge is -2.22. The minimum atomic E-state index is -0.326. The van der Waals surface area contributed by atoms with Gasteiger partial charge in [0.1, 0.15) is 5.75 Å². The number of rotatable bonds is 7. The summed E-state index contributed by atoms with van der Waals surface area (Å²) in [6.45, 7) is 3.95. The summed E-state index contributed by atoms with van der Waals surface area (Å²) in [6.07, 6.45) is 0.880. The molecule has 0 saturated heterocycles. The first-order valence-electron chi connectivity index (χ1n) is 8.00. The molecule has 0 saturated carbocycles. The van der Waals surface area contributed by atoms with E-state index in [2.05, 4.69) is 17.6 Å². The Hall–Kier alpha value is -2.04. The van der Waals surface area contributed by atoms with Crippen LogP contribution in [0.3, 0.4) is 0 Å². The Balaban J connectivity index is 1.98. The van der Waals surface area contributed by atoms with E-state index >= 15 is 0 Å². The zero-order valence-corrected chi connectivity index (χ0v) is 14.9. The van der Waals surface area contributed by atoms with Crippen LogP contribution >= 0.6 is 11.6 Å². The summed E-state index contributed by atoms with van der Waals surface area (Å²) in [4.78, 5) is 12.4. The molecule has 24 heavy (non-hydrogen) atoms. The van der Waals surface area contributed by atoms with Crippen LogP contribution in [-0.2, 0) is 4.79 Å². The van der Waals surface area contributed by atoms with Crippen molar-refractivity contribution in [2.45, 2.75) is 32.4 Å². The molecule has 2 N–H and O–H groups in total. The van der Waals surface area contributed by atoms with Gasteiger partial charge in [-0.15, -0.1) is 0 Å². The molecule has 0 fully saturated rings. The number of amides is 1. The fourth-order valence-electron chi connectivity index (χ4n) is 2.45. The Kier molecular flexibility index (Phi) is 6.64. The second-order valence-corrected chi connectivity index (χ2v) is 6.05. The zero-order chi connectivity index (χ0) is 17.5. The predicted octanol–water partition coefficient (Wildman–Crippen LogP) is 4.42. The number of carbonyl (C=O) groups is 1. The van der Waals surface area contributed by atoms with E-state index in [0.717, 1.165) is 23.4 Å². The quantitative estimate of drug-likeness (QED) is 0.780. The van der Waals surface area contributed by atoms with Crippen molar-refractivity contribution in [3.63, 3.8) is 0 Å². The smallest absolute Gasteiger partial charge is 0.241 e. The molecule has 2 atom stereocenters. The molecule has 2 aromatic carbocycles. The van der Waals surface area contributed by atoms with Crippen molar-refractivity contribution >= 4 is 23.2 Å². The number of ether oxygens (including phenoxy) is 1. The first kappa shape index (κ1) is 18.3. The maximum atomic E-state index is 12.4. The van der Waals surface area contributed by atoms with Crippen molar-refractivity contribution in [2.75, 3.05) is 12.4 Å². The van der Waals surface area contributed by atoms with Crippen molar-refractivity contribution in [3.05, 3.63) is 59.1 Å². The highest BCUT2D eigenvalue weighted by molar-refractivity contribution is 6.30. The van der Waals surface area contributed by atoms with Gasteiger partial charge in [0.05, 0.1) is 13.2 Å². The van der Waals surface area contributed by atoms with Crippen LogP contribution in [0.25, 0.3) is 0 Å². The lowest BCUT2D eigenvalue weighted by atomic mass is 10.0. The normalized spacial score (nSPS) is 13.2. The third kappa shape index (κ3) is 4.98. The molecule has 0 radical (unpaired) electrons. The fourth-order valence-corrected chi connectivity index (χ4v) is 2.57. The fraction of sp³-hybridized carbons (Fsp3) is 0.316. The van der Waals surface area contributed by atoms with Gasteiger partial charge < -0.3 is 10.1 Å². The number of anilines is 1. The Labute approximate surface area is 148 Å². The number of hydrogen-bond acceptors (Lipinski definition) is 3. The minimum Gasteiger partial charge on any atom is -0.497 e. The first-order valence-corrected chi connectivity index (χ1v) is 8.37. The average Bonchev–Trinajstić information content (AvgIpc) is 2.61. The molecule has 0 spiro atoms. The van der Waals surface area contributed by atoms with Gasteiger partial charge >= 0.3 is 0 Å². The van der Waals surface area contributed by atoms with E-state index in [4.69, 9.17) is 16.3 Å². The number of halogens is 1. The molecular formula is C19H23ClN2O2. The van der Waals surface area contributed by atoms with E-state index in [1.807, 2.05) is 31.2 Å². The van der Waals surface area contributed by atoms with Crippen molar-refractivity contribution in [2.24, 2.45) is 0 Å². The van der Waals surface area contributed by atoms with Crippen LogP contribution in [0, 0.1) is 0 Å². The highest BCUT2D eigenvalue weighted by Gasteiger charge is 2.18. The summed E-state index contributed by atoms with van der Waals surface area (Å²) in [7, 11) is 1.65. The van der Waals surface area contributed by atoms with Crippen LogP contribution in [0.5, 0.6) is 5.75 Å². The van der Waals surface area contributed by atoms with Gasteiger partial charge in [0.25, 0.3) is 0 Å².